The molecule has 0 aliphatic heterocycles. The average Bonchev–Trinajstić information content (AvgIpc) is 2.32. The first-order chi connectivity index (χ1) is 5.65. The maximum Gasteiger partial charge on any atom is 0.347 e. The molecule has 1 N–H and O–H groups in total. The molecule has 5 heteroatoms. The molecule has 4 nitrogen and oxygen atoms in total. The second-order valence-corrected chi connectivity index (χ2v) is 3.34. The molecule has 0 unspecified atom stereocenters. The number of rotatable bonds is 3. The normalized spacial score (nSPS) is 10.2. The van der Waals surface area contributed by atoms with Gasteiger partial charge in [0.2, 0.25) is 0 Å². The molecular weight excluding hydrogens is 178 g/mol. The van der Waals surface area contributed by atoms with Crippen LogP contribution in [0, 0.1) is 6.92 Å². The van der Waals surface area contributed by atoms with E-state index < -0.39 is 5.97 Å². The van der Waals surface area contributed by atoms with E-state index in [4.69, 9.17) is 9.84 Å². The average molecular weight is 187 g/mol. The van der Waals surface area contributed by atoms with E-state index in [2.05, 4.69) is 4.98 Å². The molecule has 0 aromatic carbocycles. The smallest absolute Gasteiger partial charge is 0.347 e. The lowest BCUT2D eigenvalue weighted by Gasteiger charge is -1.88. The van der Waals surface area contributed by atoms with Gasteiger partial charge in [0.15, 0.2) is 0 Å². The summed E-state index contributed by atoms with van der Waals surface area (Å²) in [5.41, 5.74) is 0.555. The van der Waals surface area contributed by atoms with Crippen molar-refractivity contribution in [1.29, 1.82) is 0 Å². The van der Waals surface area contributed by atoms with Crippen LogP contribution in [0.25, 0.3) is 0 Å². The molecular formula is C7H9NO3S. The van der Waals surface area contributed by atoms with Crippen molar-refractivity contribution in [3.63, 3.8) is 0 Å². The molecule has 0 spiro atoms. The van der Waals surface area contributed by atoms with Crippen molar-refractivity contribution in [2.75, 3.05) is 7.11 Å². The van der Waals surface area contributed by atoms with Gasteiger partial charge in [0.1, 0.15) is 9.88 Å². The zero-order chi connectivity index (χ0) is 9.14. The largest absolute Gasteiger partial charge is 0.477 e. The fourth-order valence-corrected chi connectivity index (χ4v) is 1.71. The first-order valence-corrected chi connectivity index (χ1v) is 4.15. The quantitative estimate of drug-likeness (QED) is 0.774. The number of nitrogens with zero attached hydrogens (tertiary/aromatic N) is 1. The lowest BCUT2D eigenvalue weighted by atomic mass is 10.4. The van der Waals surface area contributed by atoms with Gasteiger partial charge in [-0.15, -0.1) is 11.3 Å². The molecule has 0 saturated heterocycles. The first-order valence-electron chi connectivity index (χ1n) is 3.33. The van der Waals surface area contributed by atoms with E-state index in [1.807, 2.05) is 0 Å². The van der Waals surface area contributed by atoms with Crippen molar-refractivity contribution in [2.45, 2.75) is 13.5 Å². The van der Waals surface area contributed by atoms with Crippen molar-refractivity contribution in [3.8, 4) is 0 Å². The second-order valence-electron chi connectivity index (χ2n) is 2.26. The lowest BCUT2D eigenvalue weighted by molar-refractivity contribution is 0.0701. The molecule has 0 fully saturated rings. The van der Waals surface area contributed by atoms with Crippen LogP contribution in [0.5, 0.6) is 0 Å². The van der Waals surface area contributed by atoms with Gasteiger partial charge in [-0.2, -0.15) is 0 Å². The highest BCUT2D eigenvalue weighted by Gasteiger charge is 2.13. The Bertz CT molecular complexity index is 295. The van der Waals surface area contributed by atoms with Crippen LogP contribution in [-0.4, -0.2) is 23.2 Å². The van der Waals surface area contributed by atoms with Gasteiger partial charge in [-0.25, -0.2) is 9.78 Å². The highest BCUT2D eigenvalue weighted by molar-refractivity contribution is 7.13. The van der Waals surface area contributed by atoms with Crippen LogP contribution < -0.4 is 0 Å². The van der Waals surface area contributed by atoms with Crippen LogP contribution in [0.1, 0.15) is 20.4 Å². The zero-order valence-electron chi connectivity index (χ0n) is 6.83. The molecule has 0 amide bonds. The Morgan fingerprint density at radius 1 is 1.75 bits per heavy atom. The number of aryl methyl sites for hydroxylation is 1. The Morgan fingerprint density at radius 3 is 2.83 bits per heavy atom. The number of carbonyl (C=O) groups is 1. The number of aromatic carboxylic acids is 1. The van der Waals surface area contributed by atoms with E-state index in [1.54, 1.807) is 14.0 Å². The summed E-state index contributed by atoms with van der Waals surface area (Å²) in [6, 6.07) is 0. The monoisotopic (exact) mass is 187 g/mol. The number of ether oxygens (including phenoxy) is 1. The van der Waals surface area contributed by atoms with Gasteiger partial charge in [0.05, 0.1) is 12.3 Å². The predicted octanol–water partition coefficient (Wildman–Crippen LogP) is 1.30. The van der Waals surface area contributed by atoms with E-state index in [-0.39, 0.29) is 0 Å². The van der Waals surface area contributed by atoms with Crippen LogP contribution in [0.3, 0.4) is 0 Å². The van der Waals surface area contributed by atoms with E-state index in [0.29, 0.717) is 22.2 Å². The van der Waals surface area contributed by atoms with Crippen LogP contribution in [0.4, 0.5) is 0 Å². The summed E-state index contributed by atoms with van der Waals surface area (Å²) in [7, 11) is 1.55. The van der Waals surface area contributed by atoms with Crippen molar-refractivity contribution in [2.24, 2.45) is 0 Å². The third-order valence-electron chi connectivity index (χ3n) is 1.30. The Morgan fingerprint density at radius 2 is 2.42 bits per heavy atom. The summed E-state index contributed by atoms with van der Waals surface area (Å²) in [6.07, 6.45) is 0. The van der Waals surface area contributed by atoms with Gasteiger partial charge < -0.3 is 9.84 Å². The number of carboxylic acids is 1. The minimum atomic E-state index is -0.924. The van der Waals surface area contributed by atoms with Gasteiger partial charge >= 0.3 is 5.97 Å². The number of methoxy groups -OCH3 is 1. The summed E-state index contributed by atoms with van der Waals surface area (Å²) in [5.74, 6) is -0.924. The summed E-state index contributed by atoms with van der Waals surface area (Å²) >= 11 is 1.16. The SMILES string of the molecule is COCc1nc(C)c(C(=O)O)s1. The summed E-state index contributed by atoms with van der Waals surface area (Å²) < 4.78 is 4.83. The van der Waals surface area contributed by atoms with Gasteiger partial charge in [-0.1, -0.05) is 0 Å². The topological polar surface area (TPSA) is 59.4 Å². The lowest BCUT2D eigenvalue weighted by Crippen LogP contribution is -1.94. The fraction of sp³-hybridized carbons (Fsp3) is 0.429. The summed E-state index contributed by atoms with van der Waals surface area (Å²) in [5, 5.41) is 9.38. The van der Waals surface area contributed by atoms with Gasteiger partial charge in [-0.3, -0.25) is 0 Å². The first kappa shape index (κ1) is 9.15. The molecule has 0 aliphatic carbocycles. The molecule has 0 bridgehead atoms. The number of hydrogen-bond acceptors (Lipinski definition) is 4. The van der Waals surface area contributed by atoms with Crippen LogP contribution in [-0.2, 0) is 11.3 Å². The Hall–Kier alpha value is -0.940. The fourth-order valence-electron chi connectivity index (χ4n) is 0.836. The van der Waals surface area contributed by atoms with Crippen LogP contribution in [0.2, 0.25) is 0 Å². The predicted molar refractivity (Wildman–Crippen MR) is 44.5 cm³/mol. The molecule has 12 heavy (non-hydrogen) atoms. The molecule has 0 saturated carbocycles. The van der Waals surface area contributed by atoms with E-state index in [9.17, 15) is 4.79 Å². The minimum Gasteiger partial charge on any atom is -0.477 e. The minimum absolute atomic E-state index is 0.294. The Balaban J connectivity index is 2.92. The standard InChI is InChI=1S/C7H9NO3S/c1-4-6(7(9)10)12-5(8-4)3-11-2/h3H2,1-2H3,(H,9,10). The second kappa shape index (κ2) is 3.64. The van der Waals surface area contributed by atoms with Gasteiger partial charge in [0.25, 0.3) is 0 Å². The summed E-state index contributed by atoms with van der Waals surface area (Å²) in [6.45, 7) is 2.05. The maximum absolute atomic E-state index is 10.6. The molecule has 1 rings (SSSR count). The molecule has 66 valence electrons. The number of hydrogen-bond donors (Lipinski definition) is 1. The molecule has 0 aliphatic rings. The van der Waals surface area contributed by atoms with Crippen molar-refractivity contribution in [1.82, 2.24) is 4.98 Å². The molecule has 1 heterocycles. The van der Waals surface area contributed by atoms with E-state index in [1.165, 1.54) is 0 Å². The van der Waals surface area contributed by atoms with Gasteiger partial charge in [0, 0.05) is 7.11 Å². The van der Waals surface area contributed by atoms with Crippen molar-refractivity contribution < 1.29 is 14.6 Å². The van der Waals surface area contributed by atoms with E-state index in [0.717, 1.165) is 11.3 Å². The molecule has 0 radical (unpaired) electrons. The molecule has 1 aromatic heterocycles. The maximum atomic E-state index is 10.6. The third kappa shape index (κ3) is 1.80. The summed E-state index contributed by atoms with van der Waals surface area (Å²) in [4.78, 5) is 14.9. The van der Waals surface area contributed by atoms with Gasteiger partial charge in [-0.05, 0) is 6.92 Å². The third-order valence-corrected chi connectivity index (χ3v) is 2.42. The van der Waals surface area contributed by atoms with Crippen molar-refractivity contribution >= 4 is 17.3 Å². The Kier molecular flexibility index (Phi) is 2.78. The Labute approximate surface area is 73.8 Å². The van der Waals surface area contributed by atoms with E-state index >= 15 is 0 Å². The van der Waals surface area contributed by atoms with Crippen LogP contribution >= 0.6 is 11.3 Å². The zero-order valence-corrected chi connectivity index (χ0v) is 7.64. The number of carboxylic acid groups (broad SMARTS) is 1. The number of aromatic nitrogens is 1. The van der Waals surface area contributed by atoms with Crippen LogP contribution in [0.15, 0.2) is 0 Å². The highest BCUT2D eigenvalue weighted by atomic mass is 32.1. The number of thiazole rings is 1. The highest BCUT2D eigenvalue weighted by Crippen LogP contribution is 2.18. The molecule has 1 aromatic rings. The molecule has 0 atom stereocenters. The van der Waals surface area contributed by atoms with Crippen molar-refractivity contribution in [3.05, 3.63) is 15.6 Å².